The fourth-order valence-corrected chi connectivity index (χ4v) is 1.37. The predicted molar refractivity (Wildman–Crippen MR) is 42.3 cm³/mol. The molecule has 2 unspecified atom stereocenters. The smallest absolute Gasteiger partial charge is 0.318 e. The Kier molecular flexibility index (Phi) is 2.68. The molecule has 0 saturated carbocycles. The van der Waals surface area contributed by atoms with E-state index in [2.05, 4.69) is 10.1 Å². The Morgan fingerprint density at radius 2 is 2.42 bits per heavy atom. The van der Waals surface area contributed by atoms with Crippen molar-refractivity contribution in [2.45, 2.75) is 25.8 Å². The van der Waals surface area contributed by atoms with Crippen LogP contribution >= 0.6 is 0 Å². The normalized spacial score (nSPS) is 28.3. The maximum atomic E-state index is 11.1. The summed E-state index contributed by atoms with van der Waals surface area (Å²) in [4.78, 5) is 22.1. The van der Waals surface area contributed by atoms with Crippen molar-refractivity contribution in [2.24, 2.45) is 5.92 Å². The summed E-state index contributed by atoms with van der Waals surface area (Å²) in [7, 11) is 1.30. The topological polar surface area (TPSA) is 55.4 Å². The first kappa shape index (κ1) is 9.03. The maximum Gasteiger partial charge on any atom is 0.318 e. The molecular weight excluding hydrogens is 158 g/mol. The molecule has 0 aromatic carbocycles. The van der Waals surface area contributed by atoms with Gasteiger partial charge in [0.1, 0.15) is 5.92 Å². The molecule has 1 aliphatic rings. The van der Waals surface area contributed by atoms with E-state index in [1.165, 1.54) is 7.11 Å². The van der Waals surface area contributed by atoms with Crippen LogP contribution in [0.25, 0.3) is 0 Å². The van der Waals surface area contributed by atoms with Gasteiger partial charge in [0.2, 0.25) is 5.91 Å². The number of methoxy groups -OCH3 is 1. The average molecular weight is 171 g/mol. The number of hydrogen-bond acceptors (Lipinski definition) is 3. The predicted octanol–water partition coefficient (Wildman–Crippen LogP) is 0.0741. The molecule has 4 nitrogen and oxygen atoms in total. The average Bonchev–Trinajstić information content (AvgIpc) is 2.45. The lowest BCUT2D eigenvalue weighted by Gasteiger charge is -2.03. The van der Waals surface area contributed by atoms with Gasteiger partial charge in [-0.15, -0.1) is 0 Å². The number of nitrogens with one attached hydrogen (secondary N) is 1. The van der Waals surface area contributed by atoms with Crippen molar-refractivity contribution in [1.82, 2.24) is 5.32 Å². The third-order valence-corrected chi connectivity index (χ3v) is 2.16. The zero-order valence-electron chi connectivity index (χ0n) is 7.29. The second-order valence-corrected chi connectivity index (χ2v) is 2.93. The van der Waals surface area contributed by atoms with Crippen LogP contribution in [-0.4, -0.2) is 25.0 Å². The van der Waals surface area contributed by atoms with E-state index in [9.17, 15) is 9.59 Å². The van der Waals surface area contributed by atoms with Gasteiger partial charge in [0, 0.05) is 6.04 Å². The van der Waals surface area contributed by atoms with E-state index < -0.39 is 11.9 Å². The van der Waals surface area contributed by atoms with Crippen LogP contribution < -0.4 is 5.32 Å². The van der Waals surface area contributed by atoms with Crippen LogP contribution in [0, 0.1) is 5.92 Å². The lowest BCUT2D eigenvalue weighted by atomic mass is 10.0. The Hall–Kier alpha value is -1.06. The van der Waals surface area contributed by atoms with Gasteiger partial charge in [0.05, 0.1) is 7.11 Å². The highest BCUT2D eigenvalue weighted by Gasteiger charge is 2.36. The summed E-state index contributed by atoms with van der Waals surface area (Å²) in [6, 6.07) is 0.140. The van der Waals surface area contributed by atoms with Crippen molar-refractivity contribution in [3.63, 3.8) is 0 Å². The van der Waals surface area contributed by atoms with Crippen LogP contribution in [0.2, 0.25) is 0 Å². The minimum Gasteiger partial charge on any atom is -0.468 e. The molecule has 1 aliphatic heterocycles. The monoisotopic (exact) mass is 171 g/mol. The summed E-state index contributed by atoms with van der Waals surface area (Å²) in [5.74, 6) is -1.21. The minimum absolute atomic E-state index is 0.140. The lowest BCUT2D eigenvalue weighted by molar-refractivity contribution is -0.148. The second kappa shape index (κ2) is 3.56. The fraction of sp³-hybridized carbons (Fsp3) is 0.750. The third kappa shape index (κ3) is 1.57. The highest BCUT2D eigenvalue weighted by molar-refractivity contribution is 5.99. The number of esters is 1. The minimum atomic E-state index is -0.583. The molecule has 1 saturated heterocycles. The molecule has 0 spiro atoms. The van der Waals surface area contributed by atoms with Gasteiger partial charge < -0.3 is 10.1 Å². The number of ether oxygens (including phenoxy) is 1. The Morgan fingerprint density at radius 1 is 1.75 bits per heavy atom. The molecule has 12 heavy (non-hydrogen) atoms. The van der Waals surface area contributed by atoms with E-state index >= 15 is 0 Å². The van der Waals surface area contributed by atoms with Crippen LogP contribution in [-0.2, 0) is 14.3 Å². The zero-order chi connectivity index (χ0) is 9.14. The van der Waals surface area contributed by atoms with Crippen molar-refractivity contribution in [1.29, 1.82) is 0 Å². The van der Waals surface area contributed by atoms with Crippen molar-refractivity contribution in [2.75, 3.05) is 7.11 Å². The molecule has 0 aromatic rings. The molecule has 1 rings (SSSR count). The summed E-state index contributed by atoms with van der Waals surface area (Å²) in [5.41, 5.74) is 0. The van der Waals surface area contributed by atoms with E-state index in [0.717, 1.165) is 6.42 Å². The molecule has 0 aromatic heterocycles. The van der Waals surface area contributed by atoms with E-state index in [0.29, 0.717) is 6.42 Å². The largest absolute Gasteiger partial charge is 0.468 e. The fourth-order valence-electron chi connectivity index (χ4n) is 1.37. The van der Waals surface area contributed by atoms with E-state index in [-0.39, 0.29) is 11.9 Å². The van der Waals surface area contributed by atoms with E-state index in [1.807, 2.05) is 6.92 Å². The maximum absolute atomic E-state index is 11.1. The standard InChI is InChI=1S/C8H13NO3/c1-3-5-4-6(7(10)9-5)8(11)12-2/h5-6H,3-4H2,1-2H3,(H,9,10). The van der Waals surface area contributed by atoms with Crippen LogP contribution in [0.5, 0.6) is 0 Å². The molecule has 68 valence electrons. The van der Waals surface area contributed by atoms with Crippen LogP contribution in [0.4, 0.5) is 0 Å². The molecule has 0 bridgehead atoms. The Balaban J connectivity index is 2.57. The van der Waals surface area contributed by atoms with Crippen molar-refractivity contribution in [3.05, 3.63) is 0 Å². The number of carbonyl (C=O) groups excluding carboxylic acids is 2. The number of rotatable bonds is 2. The molecule has 1 N–H and O–H groups in total. The molecule has 1 heterocycles. The number of amides is 1. The number of carbonyl (C=O) groups is 2. The Bertz CT molecular complexity index is 202. The molecular formula is C8H13NO3. The quantitative estimate of drug-likeness (QED) is 0.472. The first-order valence-corrected chi connectivity index (χ1v) is 4.07. The van der Waals surface area contributed by atoms with Gasteiger partial charge in [-0.2, -0.15) is 0 Å². The number of hydrogen-bond donors (Lipinski definition) is 1. The van der Waals surface area contributed by atoms with Gasteiger partial charge in [0.15, 0.2) is 0 Å². The lowest BCUT2D eigenvalue weighted by Crippen LogP contribution is -2.28. The Labute approximate surface area is 71.3 Å². The van der Waals surface area contributed by atoms with E-state index in [1.54, 1.807) is 0 Å². The second-order valence-electron chi connectivity index (χ2n) is 2.93. The van der Waals surface area contributed by atoms with Crippen molar-refractivity contribution in [3.8, 4) is 0 Å². The SMILES string of the molecule is CCC1CC(C(=O)OC)C(=O)N1. The molecule has 4 heteroatoms. The first-order chi connectivity index (χ1) is 5.69. The highest BCUT2D eigenvalue weighted by atomic mass is 16.5. The molecule has 0 aliphatic carbocycles. The van der Waals surface area contributed by atoms with E-state index in [4.69, 9.17) is 0 Å². The van der Waals surface area contributed by atoms with Crippen LogP contribution in [0.15, 0.2) is 0 Å². The summed E-state index contributed by atoms with van der Waals surface area (Å²) in [5, 5.41) is 2.73. The van der Waals surface area contributed by atoms with Crippen LogP contribution in [0.1, 0.15) is 19.8 Å². The summed E-state index contributed by atoms with van der Waals surface area (Å²) < 4.78 is 4.50. The summed E-state index contributed by atoms with van der Waals surface area (Å²) in [6.45, 7) is 1.98. The van der Waals surface area contributed by atoms with Gasteiger partial charge in [-0.25, -0.2) is 0 Å². The first-order valence-electron chi connectivity index (χ1n) is 4.07. The molecule has 1 fully saturated rings. The van der Waals surface area contributed by atoms with Gasteiger partial charge in [0.25, 0.3) is 0 Å². The van der Waals surface area contributed by atoms with Gasteiger partial charge in [-0.05, 0) is 12.8 Å². The van der Waals surface area contributed by atoms with Crippen molar-refractivity contribution < 1.29 is 14.3 Å². The summed E-state index contributed by atoms with van der Waals surface area (Å²) >= 11 is 0. The highest BCUT2D eigenvalue weighted by Crippen LogP contribution is 2.18. The van der Waals surface area contributed by atoms with Gasteiger partial charge in [-0.1, -0.05) is 6.92 Å². The van der Waals surface area contributed by atoms with Crippen LogP contribution in [0.3, 0.4) is 0 Å². The van der Waals surface area contributed by atoms with Crippen molar-refractivity contribution >= 4 is 11.9 Å². The summed E-state index contributed by atoms with van der Waals surface area (Å²) in [6.07, 6.45) is 1.43. The Morgan fingerprint density at radius 3 is 2.83 bits per heavy atom. The molecule has 0 radical (unpaired) electrons. The molecule has 2 atom stereocenters. The van der Waals surface area contributed by atoms with Gasteiger partial charge >= 0.3 is 5.97 Å². The molecule has 1 amide bonds. The third-order valence-electron chi connectivity index (χ3n) is 2.16. The van der Waals surface area contributed by atoms with Gasteiger partial charge in [-0.3, -0.25) is 9.59 Å². The zero-order valence-corrected chi connectivity index (χ0v) is 7.29.